The summed E-state index contributed by atoms with van der Waals surface area (Å²) in [5.41, 5.74) is 0.276. The van der Waals surface area contributed by atoms with Crippen molar-refractivity contribution >= 4 is 5.78 Å². The van der Waals surface area contributed by atoms with Crippen molar-refractivity contribution in [2.45, 2.75) is 19.4 Å². The number of ether oxygens (including phenoxy) is 1. The normalized spacial score (nSPS) is 20.9. The van der Waals surface area contributed by atoms with Crippen LogP contribution in [0.4, 0.5) is 4.39 Å². The molecule has 0 aromatic carbocycles. The first-order chi connectivity index (χ1) is 8.70. The highest BCUT2D eigenvalue weighted by atomic mass is 19.1. The number of carbonyl (C=O) groups is 1. The van der Waals surface area contributed by atoms with Crippen molar-refractivity contribution < 1.29 is 13.9 Å². The number of hydrogen-bond donors (Lipinski definition) is 0. The Bertz CT molecular complexity index is 423. The van der Waals surface area contributed by atoms with E-state index in [9.17, 15) is 9.18 Å². The first-order valence-electron chi connectivity index (χ1n) is 6.19. The van der Waals surface area contributed by atoms with Gasteiger partial charge in [0.15, 0.2) is 5.78 Å². The molecule has 2 rings (SSSR count). The first kappa shape index (κ1) is 13.1. The number of aromatic nitrogens is 1. The van der Waals surface area contributed by atoms with Crippen molar-refractivity contribution in [1.29, 1.82) is 0 Å². The molecule has 1 atom stereocenters. The van der Waals surface area contributed by atoms with Gasteiger partial charge in [0.2, 0.25) is 0 Å². The van der Waals surface area contributed by atoms with Crippen molar-refractivity contribution in [2.75, 3.05) is 26.2 Å². The van der Waals surface area contributed by atoms with Gasteiger partial charge in [0.05, 0.1) is 12.8 Å². The minimum atomic E-state index is -0.506. The molecular weight excluding hydrogens is 235 g/mol. The van der Waals surface area contributed by atoms with Gasteiger partial charge in [-0.15, -0.1) is 0 Å². The number of carbonyl (C=O) groups excluding carboxylic acids is 1. The lowest BCUT2D eigenvalue weighted by Crippen LogP contribution is -2.46. The maximum Gasteiger partial charge on any atom is 0.194 e. The lowest BCUT2D eigenvalue weighted by atomic mass is 10.1. The van der Waals surface area contributed by atoms with Crippen LogP contribution >= 0.6 is 0 Å². The van der Waals surface area contributed by atoms with Gasteiger partial charge in [-0.1, -0.05) is 6.92 Å². The van der Waals surface area contributed by atoms with Gasteiger partial charge in [-0.25, -0.2) is 4.39 Å². The second-order valence-corrected chi connectivity index (χ2v) is 4.42. The molecule has 1 unspecified atom stereocenters. The van der Waals surface area contributed by atoms with Crippen LogP contribution in [0.15, 0.2) is 18.5 Å². The standard InChI is InChI=1S/C13H17FN2O2/c1-2-3-16-4-5-18-12(9-16)13(17)10-6-11(14)8-15-7-10/h6-8,12H,2-5,9H2,1H3. The van der Waals surface area contributed by atoms with Gasteiger partial charge in [-0.05, 0) is 19.0 Å². The van der Waals surface area contributed by atoms with E-state index in [1.165, 1.54) is 12.3 Å². The summed E-state index contributed by atoms with van der Waals surface area (Å²) in [6.07, 6.45) is 3.01. The Kier molecular flexibility index (Phi) is 4.38. The number of pyridine rings is 1. The summed E-state index contributed by atoms with van der Waals surface area (Å²) in [6, 6.07) is 1.21. The maximum atomic E-state index is 13.0. The molecule has 0 amide bonds. The molecule has 18 heavy (non-hydrogen) atoms. The molecule has 2 heterocycles. The minimum Gasteiger partial charge on any atom is -0.367 e. The highest BCUT2D eigenvalue weighted by molar-refractivity contribution is 5.99. The predicted molar refractivity (Wildman–Crippen MR) is 65.0 cm³/mol. The van der Waals surface area contributed by atoms with E-state index in [-0.39, 0.29) is 11.3 Å². The molecule has 98 valence electrons. The number of morpholine rings is 1. The molecule has 1 aromatic heterocycles. The van der Waals surface area contributed by atoms with Gasteiger partial charge in [-0.2, -0.15) is 0 Å². The van der Waals surface area contributed by atoms with E-state index in [1.54, 1.807) is 0 Å². The number of hydrogen-bond acceptors (Lipinski definition) is 4. The molecule has 0 radical (unpaired) electrons. The topological polar surface area (TPSA) is 42.4 Å². The Balaban J connectivity index is 2.04. The lowest BCUT2D eigenvalue weighted by Gasteiger charge is -2.31. The summed E-state index contributed by atoms with van der Waals surface area (Å²) >= 11 is 0. The van der Waals surface area contributed by atoms with E-state index in [0.717, 1.165) is 25.7 Å². The number of rotatable bonds is 4. The van der Waals surface area contributed by atoms with Crippen molar-refractivity contribution in [3.8, 4) is 0 Å². The van der Waals surface area contributed by atoms with Crippen LogP contribution < -0.4 is 0 Å². The molecule has 1 fully saturated rings. The fourth-order valence-corrected chi connectivity index (χ4v) is 2.11. The average molecular weight is 252 g/mol. The van der Waals surface area contributed by atoms with Crippen LogP contribution in [0, 0.1) is 5.82 Å². The van der Waals surface area contributed by atoms with Gasteiger partial charge in [0.25, 0.3) is 0 Å². The Morgan fingerprint density at radius 3 is 3.17 bits per heavy atom. The zero-order chi connectivity index (χ0) is 13.0. The van der Waals surface area contributed by atoms with Crippen LogP contribution in [0.3, 0.4) is 0 Å². The van der Waals surface area contributed by atoms with Crippen LogP contribution in [0.2, 0.25) is 0 Å². The lowest BCUT2D eigenvalue weighted by molar-refractivity contribution is -0.0164. The third-order valence-corrected chi connectivity index (χ3v) is 2.97. The Morgan fingerprint density at radius 2 is 2.44 bits per heavy atom. The average Bonchev–Trinajstić information content (AvgIpc) is 2.39. The van der Waals surface area contributed by atoms with E-state index in [1.807, 2.05) is 0 Å². The number of nitrogens with zero attached hydrogens (tertiary/aromatic N) is 2. The van der Waals surface area contributed by atoms with Crippen LogP contribution in [-0.4, -0.2) is 48.0 Å². The van der Waals surface area contributed by atoms with Gasteiger partial charge in [0.1, 0.15) is 11.9 Å². The zero-order valence-electron chi connectivity index (χ0n) is 10.4. The predicted octanol–water partition coefficient (Wildman–Crippen LogP) is 1.51. The van der Waals surface area contributed by atoms with Crippen LogP contribution in [0.5, 0.6) is 0 Å². The zero-order valence-corrected chi connectivity index (χ0v) is 10.4. The third kappa shape index (κ3) is 3.11. The molecule has 0 spiro atoms. The number of Topliss-reactive ketones (excluding diaryl/α,β-unsaturated/α-hetero) is 1. The summed E-state index contributed by atoms with van der Waals surface area (Å²) in [6.45, 7) is 5.01. The van der Waals surface area contributed by atoms with Crippen molar-refractivity contribution in [2.24, 2.45) is 0 Å². The van der Waals surface area contributed by atoms with E-state index in [0.29, 0.717) is 13.2 Å². The van der Waals surface area contributed by atoms with Gasteiger partial charge in [0, 0.05) is 24.8 Å². The van der Waals surface area contributed by atoms with Crippen LogP contribution in [0.25, 0.3) is 0 Å². The van der Waals surface area contributed by atoms with E-state index in [4.69, 9.17) is 4.74 Å². The largest absolute Gasteiger partial charge is 0.367 e. The quantitative estimate of drug-likeness (QED) is 0.762. The molecule has 0 N–H and O–H groups in total. The first-order valence-corrected chi connectivity index (χ1v) is 6.19. The summed E-state index contributed by atoms with van der Waals surface area (Å²) in [7, 11) is 0. The van der Waals surface area contributed by atoms with Gasteiger partial charge >= 0.3 is 0 Å². The maximum absolute atomic E-state index is 13.0. The Hall–Kier alpha value is -1.33. The van der Waals surface area contributed by atoms with Gasteiger partial charge < -0.3 is 4.74 Å². The fraction of sp³-hybridized carbons (Fsp3) is 0.538. The van der Waals surface area contributed by atoms with Crippen LogP contribution in [-0.2, 0) is 4.74 Å². The summed E-state index contributed by atoms with van der Waals surface area (Å²) in [5.74, 6) is -0.690. The number of halogens is 1. The monoisotopic (exact) mass is 252 g/mol. The molecule has 5 heteroatoms. The van der Waals surface area contributed by atoms with E-state index < -0.39 is 11.9 Å². The highest BCUT2D eigenvalue weighted by Crippen LogP contribution is 2.12. The molecule has 1 aromatic rings. The van der Waals surface area contributed by atoms with Crippen molar-refractivity contribution in [3.63, 3.8) is 0 Å². The minimum absolute atomic E-state index is 0.192. The molecule has 0 bridgehead atoms. The van der Waals surface area contributed by atoms with Crippen LogP contribution in [0.1, 0.15) is 23.7 Å². The molecule has 1 aliphatic heterocycles. The second-order valence-electron chi connectivity index (χ2n) is 4.42. The molecule has 0 aliphatic carbocycles. The molecular formula is C13H17FN2O2. The summed E-state index contributed by atoms with van der Waals surface area (Å²) < 4.78 is 18.5. The summed E-state index contributed by atoms with van der Waals surface area (Å²) in [4.78, 5) is 18.0. The summed E-state index contributed by atoms with van der Waals surface area (Å²) in [5, 5.41) is 0. The Morgan fingerprint density at radius 1 is 1.61 bits per heavy atom. The van der Waals surface area contributed by atoms with Crippen molar-refractivity contribution in [1.82, 2.24) is 9.88 Å². The molecule has 0 saturated carbocycles. The molecule has 1 saturated heterocycles. The molecule has 1 aliphatic rings. The highest BCUT2D eigenvalue weighted by Gasteiger charge is 2.27. The van der Waals surface area contributed by atoms with E-state index >= 15 is 0 Å². The SMILES string of the molecule is CCCN1CCOC(C(=O)c2cncc(F)c2)C1. The second kappa shape index (κ2) is 6.02. The smallest absolute Gasteiger partial charge is 0.194 e. The fourth-order valence-electron chi connectivity index (χ4n) is 2.11. The number of ketones is 1. The van der Waals surface area contributed by atoms with Crippen molar-refractivity contribution in [3.05, 3.63) is 29.8 Å². The third-order valence-electron chi connectivity index (χ3n) is 2.97. The van der Waals surface area contributed by atoms with Gasteiger partial charge in [-0.3, -0.25) is 14.7 Å². The Labute approximate surface area is 106 Å². The van der Waals surface area contributed by atoms with E-state index in [2.05, 4.69) is 16.8 Å². The molecule has 4 nitrogen and oxygen atoms in total.